The topological polar surface area (TPSA) is 32.3 Å². The highest BCUT2D eigenvalue weighted by molar-refractivity contribution is 5.41. The van der Waals surface area contributed by atoms with Gasteiger partial charge in [-0.2, -0.15) is 0 Å². The van der Waals surface area contributed by atoms with Crippen LogP contribution in [0.2, 0.25) is 0 Å². The van der Waals surface area contributed by atoms with Gasteiger partial charge in [-0.25, -0.2) is 0 Å². The lowest BCUT2D eigenvalue weighted by atomic mass is 10.0. The molecule has 0 aromatic heterocycles. The first-order chi connectivity index (χ1) is 5.65. The standard InChI is InChI=1S/C10H15NO/c1-7-4-8(2)9(6-11-3)10(12)5-7/h4-5,11-12H,6H2,1-3H3. The Morgan fingerprint density at radius 2 is 2.00 bits per heavy atom. The van der Waals surface area contributed by atoms with E-state index in [1.807, 2.05) is 20.9 Å². The minimum Gasteiger partial charge on any atom is -0.508 e. The molecule has 1 aromatic carbocycles. The fourth-order valence-electron chi connectivity index (χ4n) is 1.38. The second kappa shape index (κ2) is 3.59. The van der Waals surface area contributed by atoms with Crippen LogP contribution < -0.4 is 5.32 Å². The normalized spacial score (nSPS) is 10.2. The number of hydrogen-bond donors (Lipinski definition) is 2. The lowest BCUT2D eigenvalue weighted by molar-refractivity contribution is 0.465. The minimum atomic E-state index is 0.391. The summed E-state index contributed by atoms with van der Waals surface area (Å²) in [5, 5.41) is 12.6. The molecule has 0 aliphatic heterocycles. The van der Waals surface area contributed by atoms with Crippen molar-refractivity contribution in [3.8, 4) is 5.75 Å². The maximum atomic E-state index is 9.56. The van der Waals surface area contributed by atoms with Crippen LogP contribution in [-0.2, 0) is 6.54 Å². The number of hydrogen-bond acceptors (Lipinski definition) is 2. The molecule has 12 heavy (non-hydrogen) atoms. The summed E-state index contributed by atoms with van der Waals surface area (Å²) in [6.45, 7) is 4.72. The molecule has 0 radical (unpaired) electrons. The Hall–Kier alpha value is -1.02. The fraction of sp³-hybridized carbons (Fsp3) is 0.400. The van der Waals surface area contributed by atoms with E-state index in [9.17, 15) is 5.11 Å². The van der Waals surface area contributed by atoms with Crippen LogP contribution in [0.4, 0.5) is 0 Å². The van der Waals surface area contributed by atoms with E-state index in [0.29, 0.717) is 5.75 Å². The predicted molar refractivity (Wildman–Crippen MR) is 50.3 cm³/mol. The number of phenols is 1. The molecule has 0 heterocycles. The van der Waals surface area contributed by atoms with Gasteiger partial charge in [0.25, 0.3) is 0 Å². The van der Waals surface area contributed by atoms with Crippen molar-refractivity contribution in [3.63, 3.8) is 0 Å². The minimum absolute atomic E-state index is 0.391. The molecule has 1 aromatic rings. The van der Waals surface area contributed by atoms with Crippen LogP contribution in [0.25, 0.3) is 0 Å². The average molecular weight is 165 g/mol. The van der Waals surface area contributed by atoms with Gasteiger partial charge in [0.15, 0.2) is 0 Å². The average Bonchev–Trinajstić information content (AvgIpc) is 1.96. The SMILES string of the molecule is CNCc1c(C)cc(C)cc1O. The van der Waals surface area contributed by atoms with Gasteiger partial charge in [0.05, 0.1) is 0 Å². The van der Waals surface area contributed by atoms with Gasteiger partial charge in [0, 0.05) is 12.1 Å². The third kappa shape index (κ3) is 1.77. The zero-order chi connectivity index (χ0) is 9.14. The van der Waals surface area contributed by atoms with Gasteiger partial charge in [-0.05, 0) is 38.1 Å². The van der Waals surface area contributed by atoms with Crippen LogP contribution in [0.1, 0.15) is 16.7 Å². The van der Waals surface area contributed by atoms with E-state index in [2.05, 4.69) is 11.4 Å². The Kier molecular flexibility index (Phi) is 2.71. The van der Waals surface area contributed by atoms with Crippen molar-refractivity contribution in [2.45, 2.75) is 20.4 Å². The summed E-state index contributed by atoms with van der Waals surface area (Å²) in [4.78, 5) is 0. The van der Waals surface area contributed by atoms with Crippen molar-refractivity contribution in [2.24, 2.45) is 0 Å². The molecule has 0 saturated carbocycles. The summed E-state index contributed by atoms with van der Waals surface area (Å²) < 4.78 is 0. The van der Waals surface area contributed by atoms with Crippen molar-refractivity contribution >= 4 is 0 Å². The van der Waals surface area contributed by atoms with Gasteiger partial charge in [0.1, 0.15) is 5.75 Å². The molecule has 0 bridgehead atoms. The highest BCUT2D eigenvalue weighted by Crippen LogP contribution is 2.22. The molecule has 2 nitrogen and oxygen atoms in total. The zero-order valence-corrected chi connectivity index (χ0v) is 7.81. The second-order valence-corrected chi connectivity index (χ2v) is 3.11. The van der Waals surface area contributed by atoms with Gasteiger partial charge in [-0.15, -0.1) is 0 Å². The number of phenolic OH excluding ortho intramolecular Hbond substituents is 1. The first-order valence-electron chi connectivity index (χ1n) is 4.09. The molecule has 0 aliphatic carbocycles. The molecule has 0 amide bonds. The number of rotatable bonds is 2. The van der Waals surface area contributed by atoms with E-state index >= 15 is 0 Å². The largest absolute Gasteiger partial charge is 0.508 e. The third-order valence-electron chi connectivity index (χ3n) is 1.95. The zero-order valence-electron chi connectivity index (χ0n) is 7.81. The number of aromatic hydroxyl groups is 1. The van der Waals surface area contributed by atoms with E-state index in [1.54, 1.807) is 6.07 Å². The highest BCUT2D eigenvalue weighted by atomic mass is 16.3. The molecule has 0 saturated heterocycles. The van der Waals surface area contributed by atoms with Crippen molar-refractivity contribution in [1.82, 2.24) is 5.32 Å². The molecular formula is C10H15NO. The van der Waals surface area contributed by atoms with Gasteiger partial charge in [-0.3, -0.25) is 0 Å². The van der Waals surface area contributed by atoms with E-state index in [1.165, 1.54) is 0 Å². The smallest absolute Gasteiger partial charge is 0.120 e. The van der Waals surface area contributed by atoms with Crippen molar-refractivity contribution in [2.75, 3.05) is 7.05 Å². The quantitative estimate of drug-likeness (QED) is 0.699. The van der Waals surface area contributed by atoms with Crippen LogP contribution in [0.3, 0.4) is 0 Å². The van der Waals surface area contributed by atoms with Crippen molar-refractivity contribution in [1.29, 1.82) is 0 Å². The molecule has 2 heteroatoms. The van der Waals surface area contributed by atoms with E-state index in [-0.39, 0.29) is 0 Å². The summed E-state index contributed by atoms with van der Waals surface area (Å²) >= 11 is 0. The van der Waals surface area contributed by atoms with Crippen molar-refractivity contribution < 1.29 is 5.11 Å². The number of benzene rings is 1. The summed E-state index contributed by atoms with van der Waals surface area (Å²) in [6.07, 6.45) is 0. The molecule has 2 N–H and O–H groups in total. The van der Waals surface area contributed by atoms with Crippen LogP contribution in [0, 0.1) is 13.8 Å². The lowest BCUT2D eigenvalue weighted by Crippen LogP contribution is -2.06. The number of nitrogens with one attached hydrogen (secondary N) is 1. The first kappa shape index (κ1) is 9.07. The maximum Gasteiger partial charge on any atom is 0.120 e. The Balaban J connectivity index is 3.10. The molecule has 1 rings (SSSR count). The van der Waals surface area contributed by atoms with E-state index in [0.717, 1.165) is 23.2 Å². The summed E-state index contributed by atoms with van der Waals surface area (Å²) in [7, 11) is 1.87. The monoisotopic (exact) mass is 165 g/mol. The van der Waals surface area contributed by atoms with E-state index < -0.39 is 0 Å². The highest BCUT2D eigenvalue weighted by Gasteiger charge is 2.03. The maximum absolute atomic E-state index is 9.56. The van der Waals surface area contributed by atoms with Gasteiger partial charge in [-0.1, -0.05) is 6.07 Å². The number of aryl methyl sites for hydroxylation is 2. The lowest BCUT2D eigenvalue weighted by Gasteiger charge is -2.08. The summed E-state index contributed by atoms with van der Waals surface area (Å²) in [5.41, 5.74) is 3.23. The third-order valence-corrected chi connectivity index (χ3v) is 1.95. The van der Waals surface area contributed by atoms with Gasteiger partial charge >= 0.3 is 0 Å². The summed E-state index contributed by atoms with van der Waals surface area (Å²) in [6, 6.07) is 3.87. The Labute approximate surface area is 73.2 Å². The van der Waals surface area contributed by atoms with Crippen LogP contribution >= 0.6 is 0 Å². The van der Waals surface area contributed by atoms with Crippen molar-refractivity contribution in [3.05, 3.63) is 28.8 Å². The van der Waals surface area contributed by atoms with Crippen LogP contribution in [0.15, 0.2) is 12.1 Å². The summed E-state index contributed by atoms with van der Waals surface area (Å²) in [5.74, 6) is 0.391. The van der Waals surface area contributed by atoms with Crippen LogP contribution in [-0.4, -0.2) is 12.2 Å². The predicted octanol–water partition coefficient (Wildman–Crippen LogP) is 1.73. The molecule has 0 unspecified atom stereocenters. The first-order valence-corrected chi connectivity index (χ1v) is 4.09. The Bertz CT molecular complexity index is 258. The van der Waals surface area contributed by atoms with Gasteiger partial charge in [0.2, 0.25) is 0 Å². The molecule has 0 atom stereocenters. The Morgan fingerprint density at radius 1 is 1.33 bits per heavy atom. The van der Waals surface area contributed by atoms with Crippen LogP contribution in [0.5, 0.6) is 5.75 Å². The second-order valence-electron chi connectivity index (χ2n) is 3.11. The molecule has 0 spiro atoms. The van der Waals surface area contributed by atoms with E-state index in [4.69, 9.17) is 0 Å². The molecule has 0 aliphatic rings. The molecule has 66 valence electrons. The Morgan fingerprint density at radius 3 is 2.50 bits per heavy atom. The molecule has 0 fully saturated rings. The molecular weight excluding hydrogens is 150 g/mol. The fourth-order valence-corrected chi connectivity index (χ4v) is 1.38. The van der Waals surface area contributed by atoms with Gasteiger partial charge < -0.3 is 10.4 Å².